The number of halogens is 1. The topological polar surface area (TPSA) is 0 Å². The molecule has 0 saturated heterocycles. The minimum atomic E-state index is 1.33. The highest BCUT2D eigenvalue weighted by Crippen LogP contribution is 2.34. The zero-order valence-electron chi connectivity index (χ0n) is 6.61. The second-order valence-electron chi connectivity index (χ2n) is 3.10. The van der Waals surface area contributed by atoms with Crippen molar-refractivity contribution >= 4 is 33.9 Å². The van der Waals surface area contributed by atoms with Crippen LogP contribution >= 0.6 is 33.9 Å². The summed E-state index contributed by atoms with van der Waals surface area (Å²) in [5.74, 6) is 0. The lowest BCUT2D eigenvalue weighted by atomic mass is 9.94. The fourth-order valence-electron chi connectivity index (χ4n) is 1.77. The third-order valence-electron chi connectivity index (χ3n) is 2.37. The molecule has 0 amide bonds. The van der Waals surface area contributed by atoms with Crippen LogP contribution in [0.4, 0.5) is 0 Å². The van der Waals surface area contributed by atoms with Crippen LogP contribution in [0.2, 0.25) is 0 Å². The normalized spacial score (nSPS) is 16.5. The zero-order chi connectivity index (χ0) is 7.84. The highest BCUT2D eigenvalue weighted by atomic mass is 127. The number of thiophene rings is 1. The summed E-state index contributed by atoms with van der Waals surface area (Å²) in [5.41, 5.74) is 3.34. The first-order chi connectivity index (χ1) is 5.29. The molecule has 0 fully saturated rings. The van der Waals surface area contributed by atoms with E-state index in [2.05, 4.69) is 29.5 Å². The Morgan fingerprint density at radius 2 is 1.82 bits per heavy atom. The fourth-order valence-corrected chi connectivity index (χ4v) is 4.32. The molecule has 0 unspecified atom stereocenters. The Labute approximate surface area is 85.2 Å². The van der Waals surface area contributed by atoms with E-state index in [1.54, 1.807) is 16.0 Å². The first kappa shape index (κ1) is 8.05. The molecule has 0 nitrogen and oxygen atoms in total. The number of rotatable bonds is 0. The van der Waals surface area contributed by atoms with Crippen LogP contribution in [-0.4, -0.2) is 0 Å². The molecule has 1 aromatic heterocycles. The predicted molar refractivity (Wildman–Crippen MR) is 58.4 cm³/mol. The molecule has 0 radical (unpaired) electrons. The zero-order valence-corrected chi connectivity index (χ0v) is 9.59. The molecule has 0 spiro atoms. The van der Waals surface area contributed by atoms with Gasteiger partial charge in [-0.2, -0.15) is 0 Å². The smallest absolute Gasteiger partial charge is 0.0691 e. The van der Waals surface area contributed by atoms with Gasteiger partial charge in [-0.05, 0) is 66.3 Å². The number of aryl methyl sites for hydroxylation is 1. The maximum Gasteiger partial charge on any atom is 0.0691 e. The second-order valence-corrected chi connectivity index (χ2v) is 6.13. The van der Waals surface area contributed by atoms with E-state index >= 15 is 0 Å². The molecule has 11 heavy (non-hydrogen) atoms. The molecule has 0 bridgehead atoms. The largest absolute Gasteiger partial charge is 0.134 e. The molecule has 2 rings (SSSR count). The van der Waals surface area contributed by atoms with Crippen molar-refractivity contribution in [2.75, 3.05) is 0 Å². The Bertz CT molecular complexity index is 249. The highest BCUT2D eigenvalue weighted by Gasteiger charge is 2.16. The van der Waals surface area contributed by atoms with Gasteiger partial charge in [-0.25, -0.2) is 0 Å². The van der Waals surface area contributed by atoms with Gasteiger partial charge in [0, 0.05) is 4.88 Å². The van der Waals surface area contributed by atoms with Crippen LogP contribution in [0.25, 0.3) is 0 Å². The third kappa shape index (κ3) is 1.35. The van der Waals surface area contributed by atoms with Gasteiger partial charge in [-0.3, -0.25) is 0 Å². The third-order valence-corrected chi connectivity index (χ3v) is 4.66. The van der Waals surface area contributed by atoms with E-state index in [1.807, 2.05) is 11.3 Å². The highest BCUT2D eigenvalue weighted by molar-refractivity contribution is 14.1. The molecule has 1 heterocycles. The molecule has 0 aliphatic heterocycles. The lowest BCUT2D eigenvalue weighted by Gasteiger charge is -2.11. The fraction of sp³-hybridized carbons (Fsp3) is 0.556. The molecule has 0 aromatic carbocycles. The first-order valence-corrected chi connectivity index (χ1v) is 5.95. The van der Waals surface area contributed by atoms with E-state index in [4.69, 9.17) is 0 Å². The standard InChI is InChI=1S/C9H11IS/c1-6-7-4-2-3-5-8(7)9(10)11-6/h2-5H2,1H3. The minimum Gasteiger partial charge on any atom is -0.134 e. The molecule has 0 saturated carbocycles. The average Bonchev–Trinajstić information content (AvgIpc) is 2.30. The summed E-state index contributed by atoms with van der Waals surface area (Å²) in [6, 6.07) is 0. The Morgan fingerprint density at radius 3 is 2.45 bits per heavy atom. The van der Waals surface area contributed by atoms with Crippen molar-refractivity contribution in [2.24, 2.45) is 0 Å². The quantitative estimate of drug-likeness (QED) is 0.637. The average molecular weight is 278 g/mol. The molecular formula is C9H11IS. The van der Waals surface area contributed by atoms with Gasteiger partial charge in [-0.1, -0.05) is 0 Å². The van der Waals surface area contributed by atoms with Gasteiger partial charge in [-0.15, -0.1) is 11.3 Å². The first-order valence-electron chi connectivity index (χ1n) is 4.05. The van der Waals surface area contributed by atoms with Gasteiger partial charge in [0.25, 0.3) is 0 Å². The SMILES string of the molecule is Cc1sc(I)c2c1CCCC2. The molecule has 0 atom stereocenters. The van der Waals surface area contributed by atoms with Gasteiger partial charge in [0.2, 0.25) is 0 Å². The van der Waals surface area contributed by atoms with Crippen LogP contribution < -0.4 is 0 Å². The van der Waals surface area contributed by atoms with Crippen molar-refractivity contribution in [3.05, 3.63) is 18.9 Å². The van der Waals surface area contributed by atoms with Crippen molar-refractivity contribution in [2.45, 2.75) is 32.6 Å². The van der Waals surface area contributed by atoms with Crippen LogP contribution in [0.5, 0.6) is 0 Å². The van der Waals surface area contributed by atoms with Crippen LogP contribution in [0, 0.1) is 9.81 Å². The minimum absolute atomic E-state index is 1.33. The predicted octanol–water partition coefficient (Wildman–Crippen LogP) is 3.54. The van der Waals surface area contributed by atoms with Crippen LogP contribution in [-0.2, 0) is 12.8 Å². The number of fused-ring (bicyclic) bond motifs is 1. The Morgan fingerprint density at radius 1 is 1.18 bits per heavy atom. The van der Waals surface area contributed by atoms with E-state index in [1.165, 1.54) is 28.6 Å². The van der Waals surface area contributed by atoms with Crippen molar-refractivity contribution in [1.29, 1.82) is 0 Å². The van der Waals surface area contributed by atoms with Gasteiger partial charge in [0.05, 0.1) is 2.88 Å². The summed E-state index contributed by atoms with van der Waals surface area (Å²) in [6.07, 6.45) is 5.47. The van der Waals surface area contributed by atoms with E-state index < -0.39 is 0 Å². The summed E-state index contributed by atoms with van der Waals surface area (Å²) in [6.45, 7) is 2.26. The van der Waals surface area contributed by atoms with Crippen molar-refractivity contribution in [1.82, 2.24) is 0 Å². The van der Waals surface area contributed by atoms with Crippen LogP contribution in [0.15, 0.2) is 0 Å². The second kappa shape index (κ2) is 3.05. The Balaban J connectivity index is 2.52. The lowest BCUT2D eigenvalue weighted by Crippen LogP contribution is -2.00. The Kier molecular flexibility index (Phi) is 2.23. The summed E-state index contributed by atoms with van der Waals surface area (Å²) in [4.78, 5) is 1.56. The van der Waals surface area contributed by atoms with Crippen LogP contribution in [0.3, 0.4) is 0 Å². The molecule has 1 aliphatic rings. The monoisotopic (exact) mass is 278 g/mol. The molecule has 60 valence electrons. The molecule has 1 aliphatic carbocycles. The molecule has 0 N–H and O–H groups in total. The van der Waals surface area contributed by atoms with E-state index in [0.29, 0.717) is 0 Å². The van der Waals surface area contributed by atoms with Crippen molar-refractivity contribution in [3.8, 4) is 0 Å². The molecule has 2 heteroatoms. The van der Waals surface area contributed by atoms with Crippen LogP contribution in [0.1, 0.15) is 28.8 Å². The molecular weight excluding hydrogens is 267 g/mol. The van der Waals surface area contributed by atoms with E-state index in [-0.39, 0.29) is 0 Å². The van der Waals surface area contributed by atoms with E-state index in [0.717, 1.165) is 0 Å². The lowest BCUT2D eigenvalue weighted by molar-refractivity contribution is 0.685. The van der Waals surface area contributed by atoms with Crippen molar-refractivity contribution in [3.63, 3.8) is 0 Å². The summed E-state index contributed by atoms with van der Waals surface area (Å²) in [5, 5.41) is 0. The number of hydrogen-bond donors (Lipinski definition) is 0. The van der Waals surface area contributed by atoms with Gasteiger partial charge < -0.3 is 0 Å². The van der Waals surface area contributed by atoms with Gasteiger partial charge >= 0.3 is 0 Å². The maximum absolute atomic E-state index is 2.48. The Hall–Kier alpha value is 0.430. The van der Waals surface area contributed by atoms with Gasteiger partial charge in [0.15, 0.2) is 0 Å². The summed E-state index contributed by atoms with van der Waals surface area (Å²) >= 11 is 4.45. The van der Waals surface area contributed by atoms with Crippen molar-refractivity contribution < 1.29 is 0 Å². The summed E-state index contributed by atoms with van der Waals surface area (Å²) in [7, 11) is 0. The maximum atomic E-state index is 2.48. The number of hydrogen-bond acceptors (Lipinski definition) is 1. The summed E-state index contributed by atoms with van der Waals surface area (Å²) < 4.78 is 1.54. The molecule has 1 aromatic rings. The van der Waals surface area contributed by atoms with E-state index in [9.17, 15) is 0 Å². The van der Waals surface area contributed by atoms with Gasteiger partial charge in [0.1, 0.15) is 0 Å².